The van der Waals surface area contributed by atoms with E-state index in [1.807, 2.05) is 0 Å². The third-order valence-corrected chi connectivity index (χ3v) is 5.69. The molecule has 144 valence electrons. The van der Waals surface area contributed by atoms with Gasteiger partial charge in [-0.3, -0.25) is 4.99 Å². The van der Waals surface area contributed by atoms with Gasteiger partial charge in [-0.05, 0) is 53.4 Å². The third kappa shape index (κ3) is 5.69. The van der Waals surface area contributed by atoms with Crippen molar-refractivity contribution in [2.45, 2.75) is 77.5 Å². The SMILES string of the molecule is CC(C)N1CCC(N=C(NC2CCN(C(C)C)CC2)C(C#N)C#N)CC1. The molecule has 0 aromatic carbocycles. The van der Waals surface area contributed by atoms with Gasteiger partial charge in [0.25, 0.3) is 0 Å². The number of nitrogens with one attached hydrogen (secondary N) is 1. The zero-order chi connectivity index (χ0) is 19.1. The molecule has 2 heterocycles. The van der Waals surface area contributed by atoms with Gasteiger partial charge in [0.2, 0.25) is 0 Å². The monoisotopic (exact) mass is 358 g/mol. The molecule has 0 aromatic rings. The molecule has 0 unspecified atom stereocenters. The summed E-state index contributed by atoms with van der Waals surface area (Å²) in [5.41, 5.74) is 0. The maximum atomic E-state index is 9.38. The lowest BCUT2D eigenvalue weighted by Crippen LogP contribution is -2.48. The van der Waals surface area contributed by atoms with Crippen molar-refractivity contribution in [1.29, 1.82) is 10.5 Å². The average molecular weight is 359 g/mol. The highest BCUT2D eigenvalue weighted by Crippen LogP contribution is 2.18. The molecule has 0 atom stereocenters. The van der Waals surface area contributed by atoms with Gasteiger partial charge in [-0.2, -0.15) is 10.5 Å². The van der Waals surface area contributed by atoms with Gasteiger partial charge in [-0.15, -0.1) is 0 Å². The quantitative estimate of drug-likeness (QED) is 0.603. The Morgan fingerprint density at radius 1 is 0.885 bits per heavy atom. The summed E-state index contributed by atoms with van der Waals surface area (Å²) in [4.78, 5) is 9.78. The van der Waals surface area contributed by atoms with E-state index in [-0.39, 0.29) is 6.04 Å². The van der Waals surface area contributed by atoms with Crippen molar-refractivity contribution in [3.63, 3.8) is 0 Å². The Hall–Kier alpha value is -1.63. The molecule has 6 nitrogen and oxygen atoms in total. The van der Waals surface area contributed by atoms with Gasteiger partial charge in [0.1, 0.15) is 5.84 Å². The average Bonchev–Trinajstić information content (AvgIpc) is 2.63. The smallest absolute Gasteiger partial charge is 0.189 e. The molecule has 2 aliphatic heterocycles. The zero-order valence-electron chi connectivity index (χ0n) is 16.8. The lowest BCUT2D eigenvalue weighted by molar-refractivity contribution is 0.166. The van der Waals surface area contributed by atoms with Crippen LogP contribution in [0.2, 0.25) is 0 Å². The van der Waals surface area contributed by atoms with E-state index in [9.17, 15) is 10.5 Å². The van der Waals surface area contributed by atoms with Crippen LogP contribution in [0, 0.1) is 28.6 Å². The van der Waals surface area contributed by atoms with Gasteiger partial charge in [-0.25, -0.2) is 0 Å². The molecule has 1 N–H and O–H groups in total. The van der Waals surface area contributed by atoms with Gasteiger partial charge in [-0.1, -0.05) is 0 Å². The minimum atomic E-state index is -0.791. The highest BCUT2D eigenvalue weighted by molar-refractivity contribution is 5.89. The predicted octanol–water partition coefficient (Wildman–Crippen LogP) is 2.38. The summed E-state index contributed by atoms with van der Waals surface area (Å²) in [6, 6.07) is 5.88. The van der Waals surface area contributed by atoms with E-state index in [1.165, 1.54) is 0 Å². The highest BCUT2D eigenvalue weighted by Gasteiger charge is 2.26. The van der Waals surface area contributed by atoms with Crippen molar-refractivity contribution in [1.82, 2.24) is 15.1 Å². The van der Waals surface area contributed by atoms with Crippen LogP contribution in [-0.4, -0.2) is 66.0 Å². The van der Waals surface area contributed by atoms with Crippen molar-refractivity contribution in [3.05, 3.63) is 0 Å². The molecule has 2 saturated heterocycles. The van der Waals surface area contributed by atoms with E-state index >= 15 is 0 Å². The van der Waals surface area contributed by atoms with Crippen molar-refractivity contribution in [3.8, 4) is 12.1 Å². The second-order valence-electron chi connectivity index (χ2n) is 8.11. The topological polar surface area (TPSA) is 78.4 Å². The fraction of sp³-hybridized carbons (Fsp3) is 0.850. The first-order valence-electron chi connectivity index (χ1n) is 10.1. The molecule has 26 heavy (non-hydrogen) atoms. The van der Waals surface area contributed by atoms with Crippen LogP contribution in [0.1, 0.15) is 53.4 Å². The van der Waals surface area contributed by atoms with E-state index in [0.29, 0.717) is 24.0 Å². The number of nitrogens with zero attached hydrogens (tertiary/aromatic N) is 5. The number of piperidine rings is 2. The molecule has 0 bridgehead atoms. The summed E-state index contributed by atoms with van der Waals surface area (Å²) in [6.07, 6.45) is 4.07. The first-order chi connectivity index (χ1) is 12.4. The van der Waals surface area contributed by atoms with Crippen LogP contribution < -0.4 is 5.32 Å². The van der Waals surface area contributed by atoms with E-state index in [1.54, 1.807) is 0 Å². The number of hydrogen-bond acceptors (Lipinski definition) is 5. The molecule has 0 spiro atoms. The minimum absolute atomic E-state index is 0.215. The summed E-state index contributed by atoms with van der Waals surface area (Å²) in [7, 11) is 0. The number of nitriles is 2. The largest absolute Gasteiger partial charge is 0.369 e. The number of aliphatic imine (C=N–C) groups is 1. The summed E-state index contributed by atoms with van der Waals surface area (Å²) < 4.78 is 0. The van der Waals surface area contributed by atoms with Gasteiger partial charge < -0.3 is 15.1 Å². The molecule has 6 heteroatoms. The zero-order valence-corrected chi connectivity index (χ0v) is 16.8. The predicted molar refractivity (Wildman–Crippen MR) is 105 cm³/mol. The molecule has 2 rings (SSSR count). The van der Waals surface area contributed by atoms with E-state index in [0.717, 1.165) is 51.9 Å². The van der Waals surface area contributed by atoms with Crippen LogP contribution in [0.3, 0.4) is 0 Å². The highest BCUT2D eigenvalue weighted by atomic mass is 15.2. The van der Waals surface area contributed by atoms with Crippen LogP contribution in [0.4, 0.5) is 0 Å². The first kappa shape index (κ1) is 20.7. The van der Waals surface area contributed by atoms with Gasteiger partial charge in [0.05, 0.1) is 18.2 Å². The molecule has 0 aliphatic carbocycles. The first-order valence-corrected chi connectivity index (χ1v) is 10.1. The Morgan fingerprint density at radius 2 is 1.35 bits per heavy atom. The number of rotatable bonds is 5. The second kappa shape index (κ2) is 9.90. The maximum Gasteiger partial charge on any atom is 0.189 e. The van der Waals surface area contributed by atoms with Crippen LogP contribution in [0.15, 0.2) is 4.99 Å². The molecular formula is C20H34N6. The Bertz CT molecular complexity index is 526. The lowest BCUT2D eigenvalue weighted by Gasteiger charge is -2.36. The Morgan fingerprint density at radius 3 is 1.77 bits per heavy atom. The minimum Gasteiger partial charge on any atom is -0.369 e. The van der Waals surface area contributed by atoms with Crippen molar-refractivity contribution >= 4 is 5.84 Å². The summed E-state index contributed by atoms with van der Waals surface area (Å²) in [5, 5.41) is 22.2. The number of amidine groups is 1. The molecular weight excluding hydrogens is 324 g/mol. The van der Waals surface area contributed by atoms with Gasteiger partial charge >= 0.3 is 0 Å². The van der Waals surface area contributed by atoms with Gasteiger partial charge in [0, 0.05) is 44.3 Å². The Labute approximate surface area is 158 Å². The maximum absolute atomic E-state index is 9.38. The molecule has 0 aromatic heterocycles. The van der Waals surface area contributed by atoms with Gasteiger partial charge in [0.15, 0.2) is 5.92 Å². The van der Waals surface area contributed by atoms with Crippen LogP contribution in [-0.2, 0) is 0 Å². The van der Waals surface area contributed by atoms with E-state index in [2.05, 4.69) is 54.9 Å². The van der Waals surface area contributed by atoms with E-state index < -0.39 is 5.92 Å². The summed E-state index contributed by atoms with van der Waals surface area (Å²) >= 11 is 0. The molecule has 2 fully saturated rings. The van der Waals surface area contributed by atoms with E-state index in [4.69, 9.17) is 4.99 Å². The number of likely N-dealkylation sites (tertiary alicyclic amines) is 2. The Balaban J connectivity index is 1.99. The van der Waals surface area contributed by atoms with Crippen LogP contribution >= 0.6 is 0 Å². The fourth-order valence-corrected chi connectivity index (χ4v) is 3.84. The van der Waals surface area contributed by atoms with Crippen LogP contribution in [0.5, 0.6) is 0 Å². The molecule has 0 saturated carbocycles. The fourth-order valence-electron chi connectivity index (χ4n) is 3.84. The van der Waals surface area contributed by atoms with Crippen molar-refractivity contribution < 1.29 is 0 Å². The number of hydrogen-bond donors (Lipinski definition) is 1. The Kier molecular flexibility index (Phi) is 7.87. The summed E-state index contributed by atoms with van der Waals surface area (Å²) in [6.45, 7) is 13.1. The van der Waals surface area contributed by atoms with Crippen molar-refractivity contribution in [2.24, 2.45) is 10.9 Å². The normalized spacial score (nSPS) is 22.0. The summed E-state index contributed by atoms with van der Waals surface area (Å²) in [5.74, 6) is -0.192. The second-order valence-corrected chi connectivity index (χ2v) is 8.11. The van der Waals surface area contributed by atoms with Crippen LogP contribution in [0.25, 0.3) is 0 Å². The molecule has 0 amide bonds. The lowest BCUT2D eigenvalue weighted by atomic mass is 10.0. The van der Waals surface area contributed by atoms with Crippen molar-refractivity contribution in [2.75, 3.05) is 26.2 Å². The standard InChI is InChI=1S/C20H34N6/c1-15(2)25-9-5-18(6-10-25)23-20(17(13-21)14-22)24-19-7-11-26(12-8-19)16(3)4/h15-19H,5-12H2,1-4H3,(H,23,24). The molecule has 0 radical (unpaired) electrons. The third-order valence-electron chi connectivity index (χ3n) is 5.69. The molecule has 2 aliphatic rings.